The van der Waals surface area contributed by atoms with Crippen molar-refractivity contribution >= 4 is 12.0 Å². The molecule has 0 atom stereocenters. The van der Waals surface area contributed by atoms with E-state index in [0.717, 1.165) is 30.2 Å². The van der Waals surface area contributed by atoms with Gasteiger partial charge in [-0.05, 0) is 42.2 Å². The predicted octanol–water partition coefficient (Wildman–Crippen LogP) is 3.80. The van der Waals surface area contributed by atoms with Crippen LogP contribution in [-0.4, -0.2) is 17.7 Å². The highest BCUT2D eigenvalue weighted by atomic mass is 16.5. The average Bonchev–Trinajstić information content (AvgIpc) is 2.51. The van der Waals surface area contributed by atoms with Crippen LogP contribution in [0.5, 0.6) is 5.75 Å². The lowest BCUT2D eigenvalue weighted by Crippen LogP contribution is -1.99. The zero-order valence-corrected chi connectivity index (χ0v) is 11.7. The molecular weight excluding hydrogens is 264 g/mol. The molecule has 0 saturated carbocycles. The minimum absolute atomic E-state index is 0.640. The second-order valence-corrected chi connectivity index (χ2v) is 4.68. The van der Waals surface area contributed by atoms with Gasteiger partial charge in [-0.15, -0.1) is 0 Å². The zero-order chi connectivity index (χ0) is 14.9. The number of aliphatic carboxylic acids is 1. The molecule has 21 heavy (non-hydrogen) atoms. The van der Waals surface area contributed by atoms with Crippen molar-refractivity contribution < 1.29 is 14.6 Å². The van der Waals surface area contributed by atoms with Gasteiger partial charge < -0.3 is 9.84 Å². The highest BCUT2D eigenvalue weighted by Gasteiger charge is 1.97. The lowest BCUT2D eigenvalue weighted by molar-refractivity contribution is -0.131. The van der Waals surface area contributed by atoms with Crippen molar-refractivity contribution in [1.82, 2.24) is 0 Å². The van der Waals surface area contributed by atoms with Crippen molar-refractivity contribution in [3.8, 4) is 5.75 Å². The van der Waals surface area contributed by atoms with Crippen molar-refractivity contribution in [2.24, 2.45) is 0 Å². The largest absolute Gasteiger partial charge is 0.494 e. The molecule has 0 aliphatic rings. The van der Waals surface area contributed by atoms with Crippen molar-refractivity contribution in [3.05, 3.63) is 71.8 Å². The van der Waals surface area contributed by atoms with Gasteiger partial charge in [-0.3, -0.25) is 0 Å². The number of hydrogen-bond acceptors (Lipinski definition) is 2. The summed E-state index contributed by atoms with van der Waals surface area (Å²) >= 11 is 0. The van der Waals surface area contributed by atoms with E-state index in [4.69, 9.17) is 9.84 Å². The van der Waals surface area contributed by atoms with E-state index in [-0.39, 0.29) is 0 Å². The van der Waals surface area contributed by atoms with Crippen LogP contribution in [-0.2, 0) is 11.2 Å². The summed E-state index contributed by atoms with van der Waals surface area (Å²) in [5.74, 6) is -0.195. The molecule has 0 aliphatic carbocycles. The predicted molar refractivity (Wildman–Crippen MR) is 83.4 cm³/mol. The van der Waals surface area contributed by atoms with Gasteiger partial charge in [0.1, 0.15) is 5.75 Å². The van der Waals surface area contributed by atoms with Gasteiger partial charge >= 0.3 is 5.97 Å². The number of rotatable bonds is 7. The maximum Gasteiger partial charge on any atom is 0.328 e. The van der Waals surface area contributed by atoms with E-state index in [1.807, 2.05) is 42.5 Å². The molecule has 0 fully saturated rings. The Labute approximate surface area is 124 Å². The minimum atomic E-state index is -0.954. The van der Waals surface area contributed by atoms with Gasteiger partial charge in [0.15, 0.2) is 0 Å². The first-order chi connectivity index (χ1) is 10.2. The molecule has 108 valence electrons. The van der Waals surface area contributed by atoms with Crippen LogP contribution in [0, 0.1) is 0 Å². The average molecular weight is 282 g/mol. The summed E-state index contributed by atoms with van der Waals surface area (Å²) in [4.78, 5) is 10.5. The minimum Gasteiger partial charge on any atom is -0.494 e. The molecule has 0 saturated heterocycles. The van der Waals surface area contributed by atoms with Crippen LogP contribution in [0.15, 0.2) is 60.7 Å². The molecule has 3 heteroatoms. The third-order valence-electron chi connectivity index (χ3n) is 3.00. The quantitative estimate of drug-likeness (QED) is 0.620. The number of ether oxygens (including phenoxy) is 1. The molecule has 0 bridgehead atoms. The van der Waals surface area contributed by atoms with E-state index in [1.165, 1.54) is 5.56 Å². The van der Waals surface area contributed by atoms with Crippen molar-refractivity contribution in [2.45, 2.75) is 12.8 Å². The fourth-order valence-electron chi connectivity index (χ4n) is 1.99. The number of carbonyl (C=O) groups is 1. The van der Waals surface area contributed by atoms with Crippen LogP contribution in [0.2, 0.25) is 0 Å². The van der Waals surface area contributed by atoms with Crippen LogP contribution < -0.4 is 4.74 Å². The molecule has 0 aromatic heterocycles. The molecule has 3 nitrogen and oxygen atoms in total. The van der Waals surface area contributed by atoms with Crippen molar-refractivity contribution in [3.63, 3.8) is 0 Å². The Bertz CT molecular complexity index is 603. The Hall–Kier alpha value is -2.55. The maximum atomic E-state index is 10.5. The molecule has 0 radical (unpaired) electrons. The standard InChI is InChI=1S/C18H18O3/c19-18(20)12-11-16-8-4-10-17(14-16)21-13-5-9-15-6-2-1-3-7-15/h1-4,6-8,10-12,14H,5,9,13H2,(H,19,20)/b12-11+. The highest BCUT2D eigenvalue weighted by molar-refractivity contribution is 5.85. The Morgan fingerprint density at radius 2 is 1.90 bits per heavy atom. The molecule has 2 aromatic rings. The van der Waals surface area contributed by atoms with E-state index in [0.29, 0.717) is 6.61 Å². The maximum absolute atomic E-state index is 10.5. The highest BCUT2D eigenvalue weighted by Crippen LogP contribution is 2.15. The summed E-state index contributed by atoms with van der Waals surface area (Å²) in [7, 11) is 0. The molecule has 2 aromatic carbocycles. The molecular formula is C18H18O3. The molecule has 0 spiro atoms. The van der Waals surface area contributed by atoms with Gasteiger partial charge in [0.05, 0.1) is 6.61 Å². The van der Waals surface area contributed by atoms with Gasteiger partial charge in [0.2, 0.25) is 0 Å². The molecule has 0 aliphatic heterocycles. The summed E-state index contributed by atoms with van der Waals surface area (Å²) in [6.45, 7) is 0.640. The lowest BCUT2D eigenvalue weighted by Gasteiger charge is -2.07. The van der Waals surface area contributed by atoms with E-state index in [9.17, 15) is 4.79 Å². The number of benzene rings is 2. The topological polar surface area (TPSA) is 46.5 Å². The van der Waals surface area contributed by atoms with Crippen LogP contribution in [0.1, 0.15) is 17.5 Å². The van der Waals surface area contributed by atoms with Gasteiger partial charge in [-0.1, -0.05) is 42.5 Å². The van der Waals surface area contributed by atoms with Gasteiger partial charge in [-0.2, -0.15) is 0 Å². The van der Waals surface area contributed by atoms with Crippen molar-refractivity contribution in [2.75, 3.05) is 6.61 Å². The lowest BCUT2D eigenvalue weighted by atomic mass is 10.1. The summed E-state index contributed by atoms with van der Waals surface area (Å²) < 4.78 is 5.69. The third-order valence-corrected chi connectivity index (χ3v) is 3.00. The summed E-state index contributed by atoms with van der Waals surface area (Å²) in [5.41, 5.74) is 2.12. The number of hydrogen-bond donors (Lipinski definition) is 1. The SMILES string of the molecule is O=C(O)/C=C/c1cccc(OCCCc2ccccc2)c1. The summed E-state index contributed by atoms with van der Waals surface area (Å²) in [6.07, 6.45) is 4.60. The first-order valence-corrected chi connectivity index (χ1v) is 6.92. The van der Waals surface area contributed by atoms with Gasteiger partial charge in [0.25, 0.3) is 0 Å². The van der Waals surface area contributed by atoms with E-state index >= 15 is 0 Å². The first-order valence-electron chi connectivity index (χ1n) is 6.92. The fraction of sp³-hybridized carbons (Fsp3) is 0.167. The fourth-order valence-corrected chi connectivity index (χ4v) is 1.99. The zero-order valence-electron chi connectivity index (χ0n) is 11.7. The number of carboxylic acid groups (broad SMARTS) is 1. The Morgan fingerprint density at radius 3 is 2.67 bits per heavy atom. The van der Waals surface area contributed by atoms with E-state index in [1.54, 1.807) is 6.08 Å². The Balaban J connectivity index is 1.80. The molecule has 1 N–H and O–H groups in total. The van der Waals surface area contributed by atoms with Crippen molar-refractivity contribution in [1.29, 1.82) is 0 Å². The molecule has 0 heterocycles. The second-order valence-electron chi connectivity index (χ2n) is 4.68. The van der Waals surface area contributed by atoms with Crippen LogP contribution in [0.25, 0.3) is 6.08 Å². The summed E-state index contributed by atoms with van der Waals surface area (Å²) in [6, 6.07) is 17.7. The number of carboxylic acids is 1. The van der Waals surface area contributed by atoms with E-state index < -0.39 is 5.97 Å². The third kappa shape index (κ3) is 5.53. The van der Waals surface area contributed by atoms with Crippen LogP contribution in [0.3, 0.4) is 0 Å². The Morgan fingerprint density at radius 1 is 1.10 bits per heavy atom. The van der Waals surface area contributed by atoms with E-state index in [2.05, 4.69) is 12.1 Å². The smallest absolute Gasteiger partial charge is 0.328 e. The van der Waals surface area contributed by atoms with Gasteiger partial charge in [0, 0.05) is 6.08 Å². The van der Waals surface area contributed by atoms with Crippen LogP contribution in [0.4, 0.5) is 0 Å². The van der Waals surface area contributed by atoms with Gasteiger partial charge in [-0.25, -0.2) is 4.79 Å². The molecule has 2 rings (SSSR count). The molecule has 0 unspecified atom stereocenters. The molecule has 0 amide bonds. The normalized spacial score (nSPS) is 10.7. The summed E-state index contributed by atoms with van der Waals surface area (Å²) in [5, 5.41) is 8.61. The van der Waals surface area contributed by atoms with Crippen LogP contribution >= 0.6 is 0 Å². The number of aryl methyl sites for hydroxylation is 1. The first kappa shape index (κ1) is 14.9. The monoisotopic (exact) mass is 282 g/mol. The Kier molecular flexibility index (Phi) is 5.59. The second kappa shape index (κ2) is 7.90.